The summed E-state index contributed by atoms with van der Waals surface area (Å²) in [5.74, 6) is -1.10. The average Bonchev–Trinajstić information content (AvgIpc) is 3.50. The van der Waals surface area contributed by atoms with Crippen molar-refractivity contribution in [3.63, 3.8) is 0 Å². The van der Waals surface area contributed by atoms with Crippen LogP contribution in [0.1, 0.15) is 78.6 Å². The third-order valence-electron chi connectivity index (χ3n) is 7.81. The predicted molar refractivity (Wildman–Crippen MR) is 113 cm³/mol. The number of ether oxygens (including phenoxy) is 1. The average molecular weight is 429 g/mol. The minimum absolute atomic E-state index is 0.0896. The normalized spacial score (nSPS) is 33.1. The van der Waals surface area contributed by atoms with Crippen LogP contribution in [0.4, 0.5) is 5.00 Å². The lowest BCUT2D eigenvalue weighted by atomic mass is 9.81. The Hall–Kier alpha value is -1.73. The molecule has 4 heterocycles. The van der Waals surface area contributed by atoms with Crippen LogP contribution >= 0.6 is 11.3 Å². The van der Waals surface area contributed by atoms with Crippen LogP contribution in [0.2, 0.25) is 0 Å². The third-order valence-corrected chi connectivity index (χ3v) is 9.08. The maximum absolute atomic E-state index is 13.4. The van der Waals surface area contributed by atoms with Crippen LogP contribution in [0.25, 0.3) is 0 Å². The molecule has 4 atom stereocenters. The molecule has 2 aliphatic carbocycles. The summed E-state index contributed by atoms with van der Waals surface area (Å²) in [5.41, 5.74) is 1.68. The molecule has 5 aliphatic rings. The van der Waals surface area contributed by atoms with Crippen molar-refractivity contribution in [2.45, 2.75) is 88.9 Å². The van der Waals surface area contributed by atoms with E-state index in [1.165, 1.54) is 27.5 Å². The maximum atomic E-state index is 13.4. The van der Waals surface area contributed by atoms with E-state index in [9.17, 15) is 14.4 Å². The molecule has 1 saturated carbocycles. The second kappa shape index (κ2) is 7.16. The summed E-state index contributed by atoms with van der Waals surface area (Å²) in [5, 5.41) is 3.82. The summed E-state index contributed by atoms with van der Waals surface area (Å²) in [6.07, 6.45) is 10.9. The Kier molecular flexibility index (Phi) is 4.53. The van der Waals surface area contributed by atoms with Gasteiger partial charge in [-0.1, -0.05) is 19.3 Å². The molecular formula is C23H28N2O4S. The van der Waals surface area contributed by atoms with Crippen LogP contribution < -0.4 is 10.2 Å². The lowest BCUT2D eigenvalue weighted by Crippen LogP contribution is -2.39. The van der Waals surface area contributed by atoms with Crippen molar-refractivity contribution in [2.24, 2.45) is 11.8 Å². The molecule has 6 nitrogen and oxygen atoms in total. The molecule has 6 rings (SSSR count). The number of hydrogen-bond acceptors (Lipinski definition) is 5. The molecule has 1 N–H and O–H groups in total. The van der Waals surface area contributed by atoms with Crippen LogP contribution in [0, 0.1) is 11.8 Å². The highest BCUT2D eigenvalue weighted by atomic mass is 32.1. The Balaban J connectivity index is 1.37. The van der Waals surface area contributed by atoms with Gasteiger partial charge in [0.05, 0.1) is 29.6 Å². The molecule has 7 heteroatoms. The Morgan fingerprint density at radius 1 is 0.900 bits per heavy atom. The van der Waals surface area contributed by atoms with E-state index in [1.54, 1.807) is 0 Å². The van der Waals surface area contributed by atoms with Gasteiger partial charge in [0, 0.05) is 10.9 Å². The molecule has 3 saturated heterocycles. The van der Waals surface area contributed by atoms with Gasteiger partial charge in [-0.15, -0.1) is 11.3 Å². The highest BCUT2D eigenvalue weighted by Gasteiger charge is 2.63. The van der Waals surface area contributed by atoms with Crippen LogP contribution in [0.5, 0.6) is 0 Å². The van der Waals surface area contributed by atoms with E-state index in [0.717, 1.165) is 69.8 Å². The SMILES string of the molecule is O=C(NC1CCCCC1)c1c(N2C(=O)[C@@H]3[C@H](C2=O)[C@H]2CC[C@H]3O2)sc2c1CCCC2. The molecule has 0 spiro atoms. The molecule has 160 valence electrons. The smallest absolute Gasteiger partial charge is 0.254 e. The van der Waals surface area contributed by atoms with Crippen LogP contribution in [0.15, 0.2) is 0 Å². The molecule has 2 bridgehead atoms. The summed E-state index contributed by atoms with van der Waals surface area (Å²) in [6, 6.07) is 0.201. The molecule has 3 aliphatic heterocycles. The molecule has 0 radical (unpaired) electrons. The maximum Gasteiger partial charge on any atom is 0.254 e. The number of nitrogens with zero attached hydrogens (tertiary/aromatic N) is 1. The van der Waals surface area contributed by atoms with Crippen LogP contribution in [-0.2, 0) is 27.2 Å². The fraction of sp³-hybridized carbons (Fsp3) is 0.696. The first-order valence-electron chi connectivity index (χ1n) is 11.6. The van der Waals surface area contributed by atoms with Crippen molar-refractivity contribution in [3.05, 3.63) is 16.0 Å². The molecule has 4 fully saturated rings. The van der Waals surface area contributed by atoms with Crippen molar-refractivity contribution in [1.29, 1.82) is 0 Å². The summed E-state index contributed by atoms with van der Waals surface area (Å²) >= 11 is 1.50. The lowest BCUT2D eigenvalue weighted by molar-refractivity contribution is -0.124. The quantitative estimate of drug-likeness (QED) is 0.749. The molecule has 0 aromatic carbocycles. The molecular weight excluding hydrogens is 400 g/mol. The number of fused-ring (bicyclic) bond motifs is 6. The van der Waals surface area contributed by atoms with Crippen molar-refractivity contribution in [3.8, 4) is 0 Å². The van der Waals surface area contributed by atoms with E-state index in [0.29, 0.717) is 10.6 Å². The minimum atomic E-state index is -0.357. The van der Waals surface area contributed by atoms with E-state index in [4.69, 9.17) is 4.74 Å². The summed E-state index contributed by atoms with van der Waals surface area (Å²) in [7, 11) is 0. The zero-order valence-electron chi connectivity index (χ0n) is 17.2. The van der Waals surface area contributed by atoms with E-state index >= 15 is 0 Å². The van der Waals surface area contributed by atoms with Gasteiger partial charge in [-0.25, -0.2) is 4.90 Å². The van der Waals surface area contributed by atoms with Gasteiger partial charge in [0.15, 0.2) is 0 Å². The van der Waals surface area contributed by atoms with Crippen molar-refractivity contribution < 1.29 is 19.1 Å². The lowest BCUT2D eigenvalue weighted by Gasteiger charge is -2.24. The fourth-order valence-electron chi connectivity index (χ4n) is 6.36. The van der Waals surface area contributed by atoms with E-state index in [1.807, 2.05) is 0 Å². The first-order valence-corrected chi connectivity index (χ1v) is 12.4. The van der Waals surface area contributed by atoms with Gasteiger partial charge < -0.3 is 10.1 Å². The van der Waals surface area contributed by atoms with Crippen LogP contribution in [-0.4, -0.2) is 36.0 Å². The van der Waals surface area contributed by atoms with Gasteiger partial charge >= 0.3 is 0 Å². The van der Waals surface area contributed by atoms with Crippen molar-refractivity contribution in [2.75, 3.05) is 4.90 Å². The number of carbonyl (C=O) groups excluding carboxylic acids is 3. The molecule has 0 unspecified atom stereocenters. The largest absolute Gasteiger partial charge is 0.373 e. The number of rotatable bonds is 3. The number of amides is 3. The van der Waals surface area contributed by atoms with Crippen molar-refractivity contribution >= 4 is 34.1 Å². The third kappa shape index (κ3) is 2.74. The summed E-state index contributed by atoms with van der Waals surface area (Å²) in [4.78, 5) is 42.7. The van der Waals surface area contributed by atoms with Gasteiger partial charge in [-0.2, -0.15) is 0 Å². The number of thiophene rings is 1. The highest BCUT2D eigenvalue weighted by molar-refractivity contribution is 7.17. The second-order valence-corrected chi connectivity index (χ2v) is 10.6. The number of hydrogen-bond donors (Lipinski definition) is 1. The zero-order chi connectivity index (χ0) is 20.4. The standard InChI is InChI=1S/C23H28N2O4S/c26-20(24-12-6-2-1-3-7-12)17-13-8-4-5-9-16(13)30-23(17)25-21(27)18-14-10-11-15(29-14)19(18)22(25)28/h12,14-15,18-19H,1-11H2,(H,24,26)/t14-,15-,18-,19+/m1/s1. The Morgan fingerprint density at radius 2 is 1.57 bits per heavy atom. The molecule has 3 amide bonds. The van der Waals surface area contributed by atoms with Crippen molar-refractivity contribution in [1.82, 2.24) is 5.32 Å². The van der Waals surface area contributed by atoms with Gasteiger partial charge in [0.25, 0.3) is 5.91 Å². The Labute approximate surface area is 180 Å². The fourth-order valence-corrected chi connectivity index (χ4v) is 7.76. The molecule has 30 heavy (non-hydrogen) atoms. The van der Waals surface area contributed by atoms with Gasteiger partial charge in [-0.05, 0) is 56.9 Å². The van der Waals surface area contributed by atoms with Gasteiger partial charge in [-0.3, -0.25) is 14.4 Å². The number of imide groups is 1. The summed E-state index contributed by atoms with van der Waals surface area (Å²) in [6.45, 7) is 0. The molecule has 1 aromatic rings. The first-order chi connectivity index (χ1) is 14.6. The van der Waals surface area contributed by atoms with E-state index in [2.05, 4.69) is 5.32 Å². The Bertz CT molecular complexity index is 891. The number of anilines is 1. The van der Waals surface area contributed by atoms with Gasteiger partial charge in [0.2, 0.25) is 11.8 Å². The predicted octanol–water partition coefficient (Wildman–Crippen LogP) is 3.36. The summed E-state index contributed by atoms with van der Waals surface area (Å²) < 4.78 is 5.88. The highest BCUT2D eigenvalue weighted by Crippen LogP contribution is 2.51. The second-order valence-electron chi connectivity index (χ2n) is 9.55. The molecule has 1 aromatic heterocycles. The van der Waals surface area contributed by atoms with Crippen LogP contribution in [0.3, 0.4) is 0 Å². The zero-order valence-corrected chi connectivity index (χ0v) is 18.0. The Morgan fingerprint density at radius 3 is 2.27 bits per heavy atom. The van der Waals surface area contributed by atoms with E-state index < -0.39 is 0 Å². The number of aryl methyl sites for hydroxylation is 1. The minimum Gasteiger partial charge on any atom is -0.373 e. The topological polar surface area (TPSA) is 75.7 Å². The number of nitrogens with one attached hydrogen (secondary N) is 1. The van der Waals surface area contributed by atoms with E-state index in [-0.39, 0.29) is 47.8 Å². The van der Waals surface area contributed by atoms with Gasteiger partial charge in [0.1, 0.15) is 5.00 Å². The first kappa shape index (κ1) is 19.0. The monoisotopic (exact) mass is 428 g/mol. The number of carbonyl (C=O) groups is 3.